The Hall–Kier alpha value is -0.790. The van der Waals surface area contributed by atoms with E-state index >= 15 is 0 Å². The monoisotopic (exact) mass is 177 g/mol. The van der Waals surface area contributed by atoms with Crippen LogP contribution >= 0.6 is 0 Å². The van der Waals surface area contributed by atoms with Crippen molar-refractivity contribution in [3.8, 4) is 0 Å². The summed E-state index contributed by atoms with van der Waals surface area (Å²) in [6.45, 7) is 2.50. The van der Waals surface area contributed by atoms with Gasteiger partial charge >= 0.3 is 0 Å². The highest BCUT2D eigenvalue weighted by Crippen LogP contribution is 2.21. The first kappa shape index (κ1) is 7.60. The van der Waals surface area contributed by atoms with Crippen LogP contribution in [0.4, 0.5) is 0 Å². The molecule has 1 aliphatic carbocycles. The zero-order valence-electron chi connectivity index (χ0n) is 8.13. The first-order valence-electron chi connectivity index (χ1n) is 5.56. The lowest BCUT2D eigenvalue weighted by molar-refractivity contribution is -0.782. The van der Waals surface area contributed by atoms with Crippen LogP contribution in [0.2, 0.25) is 0 Å². The highest BCUT2D eigenvalue weighted by Gasteiger charge is 2.25. The molecule has 2 heteroatoms. The molecule has 0 unspecified atom stereocenters. The third-order valence-corrected chi connectivity index (χ3v) is 3.41. The molecule has 2 aliphatic rings. The average molecular weight is 177 g/mol. The smallest absolute Gasteiger partial charge is 0.158 e. The second-order valence-electron chi connectivity index (χ2n) is 4.30. The molecule has 0 N–H and O–H groups in total. The molecule has 70 valence electrons. The van der Waals surface area contributed by atoms with Crippen molar-refractivity contribution in [2.45, 2.75) is 51.6 Å². The van der Waals surface area contributed by atoms with E-state index in [1.807, 2.05) is 0 Å². The molecule has 3 rings (SSSR count). The van der Waals surface area contributed by atoms with E-state index in [9.17, 15) is 0 Å². The van der Waals surface area contributed by atoms with Gasteiger partial charge < -0.3 is 0 Å². The van der Waals surface area contributed by atoms with Gasteiger partial charge in [0.15, 0.2) is 12.7 Å². The zero-order chi connectivity index (χ0) is 8.67. The Balaban J connectivity index is 2.09. The van der Waals surface area contributed by atoms with Crippen LogP contribution in [0.3, 0.4) is 0 Å². The Labute approximate surface area is 79.2 Å². The number of hydrogen-bond acceptors (Lipinski definition) is 0. The Morgan fingerprint density at radius 1 is 1.08 bits per heavy atom. The van der Waals surface area contributed by atoms with Gasteiger partial charge in [0.1, 0.15) is 0 Å². The normalized spacial score (nSPS) is 20.9. The summed E-state index contributed by atoms with van der Waals surface area (Å²) >= 11 is 0. The van der Waals surface area contributed by atoms with Crippen molar-refractivity contribution in [1.29, 1.82) is 0 Å². The summed E-state index contributed by atoms with van der Waals surface area (Å²) in [5, 5.41) is 0. The van der Waals surface area contributed by atoms with E-state index in [-0.39, 0.29) is 0 Å². The van der Waals surface area contributed by atoms with Crippen molar-refractivity contribution in [3.05, 3.63) is 17.5 Å². The van der Waals surface area contributed by atoms with Crippen LogP contribution in [0.25, 0.3) is 0 Å². The fourth-order valence-corrected chi connectivity index (χ4v) is 2.74. The van der Waals surface area contributed by atoms with Gasteiger partial charge in [-0.2, -0.15) is 4.68 Å². The molecule has 13 heavy (non-hydrogen) atoms. The SMILES string of the molecule is c1c2c(n3[n+]1CCCC3)CCCC2. The Kier molecular flexibility index (Phi) is 1.67. The largest absolute Gasteiger partial charge is 0.199 e. The van der Waals surface area contributed by atoms with Gasteiger partial charge in [0.2, 0.25) is 0 Å². The van der Waals surface area contributed by atoms with Crippen LogP contribution in [-0.2, 0) is 25.9 Å². The van der Waals surface area contributed by atoms with E-state index in [0.29, 0.717) is 0 Å². The quantitative estimate of drug-likeness (QED) is 0.530. The second-order valence-corrected chi connectivity index (χ2v) is 4.30. The summed E-state index contributed by atoms with van der Waals surface area (Å²) < 4.78 is 4.97. The van der Waals surface area contributed by atoms with Gasteiger partial charge in [-0.25, -0.2) is 0 Å². The van der Waals surface area contributed by atoms with E-state index in [2.05, 4.69) is 15.6 Å². The van der Waals surface area contributed by atoms with Crippen molar-refractivity contribution < 1.29 is 4.68 Å². The van der Waals surface area contributed by atoms with Gasteiger partial charge in [0.05, 0.1) is 12.2 Å². The van der Waals surface area contributed by atoms with Crippen molar-refractivity contribution in [2.75, 3.05) is 0 Å². The summed E-state index contributed by atoms with van der Waals surface area (Å²) in [7, 11) is 0. The van der Waals surface area contributed by atoms with Gasteiger partial charge in [-0.3, -0.25) is 0 Å². The first-order valence-corrected chi connectivity index (χ1v) is 5.56. The third-order valence-electron chi connectivity index (χ3n) is 3.41. The highest BCUT2D eigenvalue weighted by atomic mass is 15.4. The molecule has 0 bridgehead atoms. The van der Waals surface area contributed by atoms with Crippen LogP contribution in [-0.4, -0.2) is 4.68 Å². The second kappa shape index (κ2) is 2.86. The summed E-state index contributed by atoms with van der Waals surface area (Å²) in [5.41, 5.74) is 3.28. The minimum absolute atomic E-state index is 1.24. The van der Waals surface area contributed by atoms with Gasteiger partial charge in [-0.15, -0.1) is 4.68 Å². The van der Waals surface area contributed by atoms with E-state index in [4.69, 9.17) is 0 Å². The maximum atomic E-state index is 2.53. The lowest BCUT2D eigenvalue weighted by Crippen LogP contribution is -2.46. The lowest BCUT2D eigenvalue weighted by Gasteiger charge is -2.13. The first-order chi connectivity index (χ1) is 6.45. The maximum Gasteiger partial charge on any atom is 0.199 e. The summed E-state index contributed by atoms with van der Waals surface area (Å²) in [4.78, 5) is 0. The molecule has 1 aliphatic heterocycles. The number of nitrogens with zero attached hydrogens (tertiary/aromatic N) is 2. The van der Waals surface area contributed by atoms with Crippen LogP contribution in [0.15, 0.2) is 6.20 Å². The van der Waals surface area contributed by atoms with E-state index in [1.54, 1.807) is 11.3 Å². The molecular weight excluding hydrogens is 160 g/mol. The molecule has 1 aromatic heterocycles. The minimum Gasteiger partial charge on any atom is -0.158 e. The van der Waals surface area contributed by atoms with Crippen LogP contribution in [0, 0.1) is 0 Å². The van der Waals surface area contributed by atoms with Crippen molar-refractivity contribution in [1.82, 2.24) is 4.68 Å². The number of rotatable bonds is 0. The molecule has 0 fully saturated rings. The van der Waals surface area contributed by atoms with E-state index < -0.39 is 0 Å². The summed E-state index contributed by atoms with van der Waals surface area (Å²) in [6, 6.07) is 0. The molecule has 2 nitrogen and oxygen atoms in total. The predicted octanol–water partition coefficient (Wildman–Crippen LogP) is 1.45. The molecule has 0 saturated heterocycles. The summed E-state index contributed by atoms with van der Waals surface area (Å²) in [6.07, 6.45) is 10.6. The number of aryl methyl sites for hydroxylation is 2. The van der Waals surface area contributed by atoms with Crippen LogP contribution in [0.1, 0.15) is 36.9 Å². The van der Waals surface area contributed by atoms with Crippen LogP contribution < -0.4 is 4.68 Å². The van der Waals surface area contributed by atoms with Gasteiger partial charge in [-0.05, 0) is 32.1 Å². The predicted molar refractivity (Wildman–Crippen MR) is 50.5 cm³/mol. The molecule has 0 radical (unpaired) electrons. The molecule has 1 aromatic rings. The molecular formula is C11H17N2+. The van der Waals surface area contributed by atoms with Crippen LogP contribution in [0.5, 0.6) is 0 Å². The Bertz CT molecular complexity index is 295. The van der Waals surface area contributed by atoms with Crippen molar-refractivity contribution in [2.24, 2.45) is 0 Å². The average Bonchev–Trinajstić information content (AvgIpc) is 2.56. The lowest BCUT2D eigenvalue weighted by atomic mass is 9.98. The van der Waals surface area contributed by atoms with Gasteiger partial charge in [-0.1, -0.05) is 0 Å². The van der Waals surface area contributed by atoms with Gasteiger partial charge in [0.25, 0.3) is 0 Å². The van der Waals surface area contributed by atoms with Crippen molar-refractivity contribution >= 4 is 0 Å². The summed E-state index contributed by atoms with van der Waals surface area (Å²) in [5.74, 6) is 0. The molecule has 0 spiro atoms. The zero-order valence-corrected chi connectivity index (χ0v) is 8.13. The Morgan fingerprint density at radius 2 is 2.00 bits per heavy atom. The number of hydrogen-bond donors (Lipinski definition) is 0. The molecule has 2 heterocycles. The highest BCUT2D eigenvalue weighted by molar-refractivity contribution is 5.18. The Morgan fingerprint density at radius 3 is 3.00 bits per heavy atom. The number of aromatic nitrogens is 2. The standard InChI is InChI=1S/C11H17N2/c1-2-6-11-10(5-1)9-12-7-3-4-8-13(11)12/h9H,1-8H2/q+1. The molecule has 0 saturated carbocycles. The third kappa shape index (κ3) is 1.11. The molecule has 0 amide bonds. The minimum atomic E-state index is 1.24. The fraction of sp³-hybridized carbons (Fsp3) is 0.727. The molecule has 0 atom stereocenters. The van der Waals surface area contributed by atoms with E-state index in [1.165, 1.54) is 51.6 Å². The van der Waals surface area contributed by atoms with Gasteiger partial charge in [0, 0.05) is 12.0 Å². The number of fused-ring (bicyclic) bond motifs is 3. The topological polar surface area (TPSA) is 8.81 Å². The molecule has 0 aromatic carbocycles. The van der Waals surface area contributed by atoms with Crippen molar-refractivity contribution in [3.63, 3.8) is 0 Å². The van der Waals surface area contributed by atoms with E-state index in [0.717, 1.165) is 0 Å². The fourth-order valence-electron chi connectivity index (χ4n) is 2.74. The maximum absolute atomic E-state index is 2.53.